The summed E-state index contributed by atoms with van der Waals surface area (Å²) in [6.07, 6.45) is 1.72. The minimum atomic E-state index is 0.491. The highest BCUT2D eigenvalue weighted by molar-refractivity contribution is 7.15. The largest absolute Gasteiger partial charge is 0.488 e. The van der Waals surface area contributed by atoms with Crippen LogP contribution in [-0.2, 0) is 12.5 Å². The average molecular weight is 274 g/mol. The lowest BCUT2D eigenvalue weighted by molar-refractivity contribution is 0.309. The van der Waals surface area contributed by atoms with Crippen LogP contribution in [0.3, 0.4) is 0 Å². The summed E-state index contributed by atoms with van der Waals surface area (Å²) < 4.78 is 6.11. The lowest BCUT2D eigenvalue weighted by atomic mass is 10.2. The van der Waals surface area contributed by atoms with Gasteiger partial charge in [0.2, 0.25) is 0 Å². The Kier molecular flexibility index (Phi) is 4.04. The van der Waals surface area contributed by atoms with E-state index >= 15 is 0 Å². The molecule has 1 aromatic carbocycles. The molecule has 0 saturated carbocycles. The van der Waals surface area contributed by atoms with Crippen molar-refractivity contribution in [2.75, 3.05) is 0 Å². The third-order valence-corrected chi connectivity index (χ3v) is 3.38. The molecule has 0 fully saturated rings. The molecular formula is C11H9Cl2NOS. The number of thiazole rings is 1. The maximum atomic E-state index is 5.72. The third-order valence-electron chi connectivity index (χ3n) is 1.98. The Balaban J connectivity index is 1.94. The van der Waals surface area contributed by atoms with E-state index in [9.17, 15) is 0 Å². The number of alkyl halides is 1. The van der Waals surface area contributed by atoms with Crippen LogP contribution < -0.4 is 4.74 Å². The van der Waals surface area contributed by atoms with Gasteiger partial charge in [-0.3, -0.25) is 0 Å². The van der Waals surface area contributed by atoms with Gasteiger partial charge in [-0.25, -0.2) is 4.98 Å². The van der Waals surface area contributed by atoms with E-state index in [1.807, 2.05) is 24.3 Å². The molecule has 1 aromatic heterocycles. The van der Waals surface area contributed by atoms with E-state index < -0.39 is 0 Å². The number of aromatic nitrogens is 1. The number of benzene rings is 1. The summed E-state index contributed by atoms with van der Waals surface area (Å²) in [4.78, 5) is 4.95. The highest BCUT2D eigenvalue weighted by Gasteiger charge is 2.00. The van der Waals surface area contributed by atoms with Crippen molar-refractivity contribution >= 4 is 34.5 Å². The summed E-state index contributed by atoms with van der Waals surface area (Å²) >= 11 is 12.8. The normalized spacial score (nSPS) is 10.4. The average Bonchev–Trinajstić information content (AvgIpc) is 2.73. The van der Waals surface area contributed by atoms with Crippen molar-refractivity contribution in [1.82, 2.24) is 4.98 Å². The molecule has 0 aliphatic carbocycles. The van der Waals surface area contributed by atoms with E-state index in [1.165, 1.54) is 11.3 Å². The molecule has 0 bridgehead atoms. The van der Waals surface area contributed by atoms with Gasteiger partial charge in [-0.1, -0.05) is 23.7 Å². The fraction of sp³-hybridized carbons (Fsp3) is 0.182. The molecule has 84 valence electrons. The first-order valence-corrected chi connectivity index (χ1v) is 6.39. The third kappa shape index (κ3) is 3.11. The molecule has 0 atom stereocenters. The van der Waals surface area contributed by atoms with Gasteiger partial charge in [-0.05, 0) is 17.7 Å². The Labute approximate surface area is 108 Å². The number of hydrogen-bond acceptors (Lipinski definition) is 3. The van der Waals surface area contributed by atoms with Crippen LogP contribution in [0.15, 0.2) is 30.5 Å². The van der Waals surface area contributed by atoms with Gasteiger partial charge in [0.25, 0.3) is 0 Å². The molecule has 2 nitrogen and oxygen atoms in total. The van der Waals surface area contributed by atoms with Crippen LogP contribution >= 0.6 is 34.5 Å². The van der Waals surface area contributed by atoms with Crippen LogP contribution in [-0.4, -0.2) is 4.98 Å². The molecule has 16 heavy (non-hydrogen) atoms. The number of hydrogen-bond donors (Lipinski definition) is 0. The van der Waals surface area contributed by atoms with Gasteiger partial charge in [0, 0.05) is 12.1 Å². The zero-order chi connectivity index (χ0) is 11.4. The molecule has 0 unspecified atom stereocenters. The van der Waals surface area contributed by atoms with E-state index in [-0.39, 0.29) is 0 Å². The Morgan fingerprint density at radius 2 is 2.00 bits per heavy atom. The van der Waals surface area contributed by atoms with Gasteiger partial charge in [0.1, 0.15) is 12.4 Å². The predicted molar refractivity (Wildman–Crippen MR) is 67.5 cm³/mol. The Morgan fingerprint density at radius 1 is 1.25 bits per heavy atom. The molecule has 0 radical (unpaired) electrons. The Morgan fingerprint density at radius 3 is 2.56 bits per heavy atom. The van der Waals surface area contributed by atoms with Crippen LogP contribution in [0.1, 0.15) is 10.4 Å². The van der Waals surface area contributed by atoms with E-state index in [4.69, 9.17) is 27.9 Å². The fourth-order valence-corrected chi connectivity index (χ4v) is 2.25. The van der Waals surface area contributed by atoms with Gasteiger partial charge in [-0.2, -0.15) is 0 Å². The zero-order valence-electron chi connectivity index (χ0n) is 8.32. The molecule has 0 amide bonds. The van der Waals surface area contributed by atoms with Gasteiger partial charge in [0.05, 0.1) is 4.88 Å². The van der Waals surface area contributed by atoms with Crippen molar-refractivity contribution in [2.24, 2.45) is 0 Å². The molecule has 0 saturated heterocycles. The lowest BCUT2D eigenvalue weighted by Gasteiger charge is -2.04. The van der Waals surface area contributed by atoms with Crippen LogP contribution in [0.25, 0.3) is 0 Å². The molecule has 5 heteroatoms. The van der Waals surface area contributed by atoms with Gasteiger partial charge in [-0.15, -0.1) is 22.9 Å². The minimum Gasteiger partial charge on any atom is -0.488 e. The second-order valence-corrected chi connectivity index (χ2v) is 5.11. The summed E-state index contributed by atoms with van der Waals surface area (Å²) in [6.45, 7) is 0.491. The Bertz CT molecular complexity index is 455. The standard InChI is InChI=1S/C11H9Cl2NOS/c12-5-8-1-3-9(4-2-8)15-7-10-6-14-11(13)16-10/h1-4,6H,5,7H2. The van der Waals surface area contributed by atoms with Crippen molar-refractivity contribution in [3.8, 4) is 5.75 Å². The summed E-state index contributed by atoms with van der Waals surface area (Å²) in [5, 5.41) is 0. The summed E-state index contributed by atoms with van der Waals surface area (Å²) in [7, 11) is 0. The van der Waals surface area contributed by atoms with E-state index in [2.05, 4.69) is 4.98 Å². The molecule has 0 aliphatic rings. The second kappa shape index (κ2) is 5.53. The maximum absolute atomic E-state index is 5.72. The van der Waals surface area contributed by atoms with Crippen molar-refractivity contribution in [1.29, 1.82) is 0 Å². The predicted octanol–water partition coefficient (Wildman–Crippen LogP) is 4.11. The minimum absolute atomic E-state index is 0.491. The Hall–Kier alpha value is -0.770. The maximum Gasteiger partial charge on any atom is 0.183 e. The molecule has 0 spiro atoms. The molecule has 2 aromatic rings. The first-order valence-electron chi connectivity index (χ1n) is 4.66. The second-order valence-electron chi connectivity index (χ2n) is 3.15. The highest BCUT2D eigenvalue weighted by Crippen LogP contribution is 2.20. The molecule has 0 N–H and O–H groups in total. The molecule has 1 heterocycles. The first kappa shape index (κ1) is 11.7. The number of rotatable bonds is 4. The molecule has 0 aliphatic heterocycles. The van der Waals surface area contributed by atoms with Crippen LogP contribution in [0.2, 0.25) is 4.47 Å². The monoisotopic (exact) mass is 273 g/mol. The zero-order valence-corrected chi connectivity index (χ0v) is 10.6. The lowest BCUT2D eigenvalue weighted by Crippen LogP contribution is -1.92. The highest BCUT2D eigenvalue weighted by atomic mass is 35.5. The molecule has 2 rings (SSSR count). The smallest absolute Gasteiger partial charge is 0.183 e. The van der Waals surface area contributed by atoms with Gasteiger partial charge >= 0.3 is 0 Å². The van der Waals surface area contributed by atoms with Crippen molar-refractivity contribution in [3.63, 3.8) is 0 Å². The van der Waals surface area contributed by atoms with Gasteiger partial charge in [0.15, 0.2) is 4.47 Å². The van der Waals surface area contributed by atoms with Crippen LogP contribution in [0.5, 0.6) is 5.75 Å². The van der Waals surface area contributed by atoms with E-state index in [1.54, 1.807) is 6.20 Å². The fourth-order valence-electron chi connectivity index (χ4n) is 1.18. The summed E-state index contributed by atoms with van der Waals surface area (Å²) in [6, 6.07) is 7.70. The van der Waals surface area contributed by atoms with Gasteiger partial charge < -0.3 is 4.74 Å². The van der Waals surface area contributed by atoms with Crippen LogP contribution in [0.4, 0.5) is 0 Å². The van der Waals surface area contributed by atoms with E-state index in [0.717, 1.165) is 16.2 Å². The number of halogens is 2. The first-order chi connectivity index (χ1) is 7.78. The van der Waals surface area contributed by atoms with Crippen LogP contribution in [0, 0.1) is 0 Å². The SMILES string of the molecule is ClCc1ccc(OCc2cnc(Cl)s2)cc1. The topological polar surface area (TPSA) is 22.1 Å². The summed E-state index contributed by atoms with van der Waals surface area (Å²) in [5.41, 5.74) is 1.08. The van der Waals surface area contributed by atoms with Crippen molar-refractivity contribution in [2.45, 2.75) is 12.5 Å². The van der Waals surface area contributed by atoms with E-state index in [0.29, 0.717) is 17.0 Å². The van der Waals surface area contributed by atoms with Crippen molar-refractivity contribution < 1.29 is 4.74 Å². The summed E-state index contributed by atoms with van der Waals surface area (Å²) in [5.74, 6) is 1.34. The quantitative estimate of drug-likeness (QED) is 0.782. The molecular weight excluding hydrogens is 265 g/mol. The number of nitrogens with zero attached hydrogens (tertiary/aromatic N) is 1. The number of ether oxygens (including phenoxy) is 1. The van der Waals surface area contributed by atoms with Crippen molar-refractivity contribution in [3.05, 3.63) is 45.4 Å².